The van der Waals surface area contributed by atoms with Crippen LogP contribution in [0.25, 0.3) is 22.2 Å². The predicted octanol–water partition coefficient (Wildman–Crippen LogP) is 1.21. The smallest absolute Gasteiger partial charge is 0.249 e. The van der Waals surface area contributed by atoms with Crippen LogP contribution in [0, 0.1) is 0 Å². The molecule has 0 saturated carbocycles. The number of aromatic amines is 1. The first kappa shape index (κ1) is 14.4. The maximum absolute atomic E-state index is 11.4. The molecule has 0 atom stereocenters. The second-order valence-corrected chi connectivity index (χ2v) is 5.56. The van der Waals surface area contributed by atoms with E-state index in [1.165, 1.54) is 6.07 Å². The number of thiol groups is 1. The lowest BCUT2D eigenvalue weighted by molar-refractivity contribution is 0.601. The van der Waals surface area contributed by atoms with Crippen molar-refractivity contribution in [3.8, 4) is 11.1 Å². The highest BCUT2D eigenvalue weighted by molar-refractivity contribution is 7.70. The summed E-state index contributed by atoms with van der Waals surface area (Å²) < 4.78 is 23.4. The van der Waals surface area contributed by atoms with Gasteiger partial charge in [0, 0.05) is 24.2 Å². The molecule has 0 fully saturated rings. The third-order valence-corrected chi connectivity index (χ3v) is 3.73. The van der Waals surface area contributed by atoms with E-state index in [1.807, 2.05) is 30.3 Å². The van der Waals surface area contributed by atoms with Crippen molar-refractivity contribution in [1.82, 2.24) is 14.7 Å². The zero-order valence-electron chi connectivity index (χ0n) is 11.4. The molecule has 0 bridgehead atoms. The highest BCUT2D eigenvalue weighted by Crippen LogP contribution is 2.26. The van der Waals surface area contributed by atoms with Gasteiger partial charge in [-0.25, -0.2) is 18.1 Å². The Labute approximate surface area is 127 Å². The summed E-state index contributed by atoms with van der Waals surface area (Å²) in [6, 6.07) is 12.6. The summed E-state index contributed by atoms with van der Waals surface area (Å²) in [6.45, 7) is 0.267. The van der Waals surface area contributed by atoms with Crippen LogP contribution < -0.4 is 10.3 Å². The lowest BCUT2D eigenvalue weighted by Gasteiger charge is -2.07. The minimum absolute atomic E-state index is 0.190. The fraction of sp³-hybridized carbons (Fsp3) is 0.0667. The molecule has 6 nitrogen and oxygen atoms in total. The van der Waals surface area contributed by atoms with E-state index in [1.54, 1.807) is 12.3 Å². The van der Waals surface area contributed by atoms with Gasteiger partial charge in [-0.3, -0.25) is 4.79 Å². The second kappa shape index (κ2) is 6.08. The predicted molar refractivity (Wildman–Crippen MR) is 85.0 cm³/mol. The second-order valence-electron chi connectivity index (χ2n) is 4.73. The molecule has 0 aliphatic heterocycles. The van der Waals surface area contributed by atoms with Gasteiger partial charge in [0.1, 0.15) is 5.65 Å². The van der Waals surface area contributed by atoms with Crippen LogP contribution in [0.3, 0.4) is 0 Å². The molecule has 0 aliphatic carbocycles. The summed E-state index contributed by atoms with van der Waals surface area (Å²) in [6.07, 6.45) is 1.64. The molecule has 112 valence electrons. The first-order valence-corrected chi connectivity index (χ1v) is 7.76. The van der Waals surface area contributed by atoms with Crippen LogP contribution in [0.2, 0.25) is 0 Å². The Kier molecular flexibility index (Phi) is 3.99. The fourth-order valence-electron chi connectivity index (χ4n) is 2.27. The number of aromatic nitrogens is 2. The first-order valence-electron chi connectivity index (χ1n) is 6.59. The Bertz CT molecular complexity index is 938. The van der Waals surface area contributed by atoms with E-state index >= 15 is 0 Å². The normalized spacial score (nSPS) is 11.1. The Balaban J connectivity index is 1.99. The van der Waals surface area contributed by atoms with Gasteiger partial charge < -0.3 is 4.98 Å². The van der Waals surface area contributed by atoms with Crippen LogP contribution >= 0.6 is 0 Å². The lowest BCUT2D eigenvalue weighted by Crippen LogP contribution is -2.09. The van der Waals surface area contributed by atoms with Crippen molar-refractivity contribution in [2.45, 2.75) is 6.54 Å². The number of fused-ring (bicyclic) bond motifs is 1. The van der Waals surface area contributed by atoms with Crippen LogP contribution in [-0.4, -0.2) is 18.4 Å². The molecule has 2 N–H and O–H groups in total. The molecule has 0 unspecified atom stereocenters. The van der Waals surface area contributed by atoms with E-state index in [-0.39, 0.29) is 12.1 Å². The topological polar surface area (TPSA) is 91.9 Å². The van der Waals surface area contributed by atoms with E-state index in [4.69, 9.17) is 0 Å². The Morgan fingerprint density at radius 1 is 1.05 bits per heavy atom. The van der Waals surface area contributed by atoms with Gasteiger partial charge in [0.25, 0.3) is 0 Å². The molecule has 0 spiro atoms. The van der Waals surface area contributed by atoms with Crippen molar-refractivity contribution >= 4 is 21.9 Å². The molecule has 0 aliphatic rings. The largest absolute Gasteiger partial charge is 0.307 e. The summed E-state index contributed by atoms with van der Waals surface area (Å²) in [5.74, 6) is 0. The fourth-order valence-corrected chi connectivity index (χ4v) is 2.58. The number of pyridine rings is 2. The van der Waals surface area contributed by atoms with Gasteiger partial charge >= 0.3 is 0 Å². The molecule has 1 aromatic carbocycles. The van der Waals surface area contributed by atoms with Crippen LogP contribution in [-0.2, 0) is 17.4 Å². The third-order valence-electron chi connectivity index (χ3n) is 3.31. The monoisotopic (exact) mass is 315 g/mol. The maximum atomic E-state index is 11.4. The molecule has 2 aromatic heterocycles. The van der Waals surface area contributed by atoms with Crippen molar-refractivity contribution in [1.29, 1.82) is 0 Å². The molecule has 0 amide bonds. The number of hydrogen-bond donors (Lipinski definition) is 3. The SMILES string of the molecule is O=c1ccc2c(-c3ccc(CN[SH](=O)=O)cc3)ccnc2[nH]1. The Hall–Kier alpha value is -2.51. The van der Waals surface area contributed by atoms with Crippen molar-refractivity contribution in [3.05, 3.63) is 64.6 Å². The summed E-state index contributed by atoms with van der Waals surface area (Å²) in [5, 5.41) is 0.857. The average molecular weight is 315 g/mol. The van der Waals surface area contributed by atoms with Crippen molar-refractivity contribution < 1.29 is 8.42 Å². The zero-order valence-corrected chi connectivity index (χ0v) is 12.3. The van der Waals surface area contributed by atoms with E-state index in [0.29, 0.717) is 5.65 Å². The molecular weight excluding hydrogens is 302 g/mol. The van der Waals surface area contributed by atoms with Crippen LogP contribution in [0.4, 0.5) is 0 Å². The number of hydrogen-bond acceptors (Lipinski definition) is 4. The number of rotatable bonds is 4. The summed E-state index contributed by atoms with van der Waals surface area (Å²) in [5.41, 5.74) is 3.14. The highest BCUT2D eigenvalue weighted by atomic mass is 32.2. The number of nitrogens with one attached hydrogen (secondary N) is 2. The Morgan fingerprint density at radius 3 is 2.55 bits per heavy atom. The van der Waals surface area contributed by atoms with Crippen molar-refractivity contribution in [3.63, 3.8) is 0 Å². The molecule has 2 heterocycles. The molecule has 3 aromatic rings. The average Bonchev–Trinajstić information content (AvgIpc) is 2.52. The minimum atomic E-state index is -2.59. The van der Waals surface area contributed by atoms with Crippen LogP contribution in [0.1, 0.15) is 5.56 Å². The quantitative estimate of drug-likeness (QED) is 0.631. The third kappa shape index (κ3) is 3.05. The van der Waals surface area contributed by atoms with Crippen molar-refractivity contribution in [2.75, 3.05) is 0 Å². The van der Waals surface area contributed by atoms with Gasteiger partial charge in [0.2, 0.25) is 16.4 Å². The van der Waals surface area contributed by atoms with Crippen LogP contribution in [0.5, 0.6) is 0 Å². The summed E-state index contributed by atoms with van der Waals surface area (Å²) in [4.78, 5) is 18.2. The molecule has 0 saturated heterocycles. The summed E-state index contributed by atoms with van der Waals surface area (Å²) >= 11 is 0. The zero-order chi connectivity index (χ0) is 15.5. The summed E-state index contributed by atoms with van der Waals surface area (Å²) in [7, 11) is -2.59. The van der Waals surface area contributed by atoms with E-state index < -0.39 is 10.9 Å². The van der Waals surface area contributed by atoms with Gasteiger partial charge in [-0.2, -0.15) is 0 Å². The van der Waals surface area contributed by atoms with Crippen molar-refractivity contribution in [2.24, 2.45) is 0 Å². The highest BCUT2D eigenvalue weighted by Gasteiger charge is 2.05. The van der Waals surface area contributed by atoms with E-state index in [9.17, 15) is 13.2 Å². The van der Waals surface area contributed by atoms with Gasteiger partial charge in [-0.1, -0.05) is 24.3 Å². The van der Waals surface area contributed by atoms with Crippen LogP contribution in [0.15, 0.2) is 53.5 Å². The molecular formula is C15H13N3O3S. The Morgan fingerprint density at radius 2 is 1.82 bits per heavy atom. The number of H-pyrrole nitrogens is 1. The first-order chi connectivity index (χ1) is 10.6. The van der Waals surface area contributed by atoms with Gasteiger partial charge in [0.05, 0.1) is 0 Å². The number of benzene rings is 1. The molecule has 3 rings (SSSR count). The van der Waals surface area contributed by atoms with Gasteiger partial charge in [-0.15, -0.1) is 0 Å². The standard InChI is InChI=1S/C15H13N3O3S/c19-14-6-5-13-12(7-8-16-15(13)18-14)11-3-1-10(2-4-11)9-17-22(20)21/h1-8,22H,9H2,(H,16,18,19)(H,17,20,21). The lowest BCUT2D eigenvalue weighted by atomic mass is 10.0. The molecule has 22 heavy (non-hydrogen) atoms. The minimum Gasteiger partial charge on any atom is -0.307 e. The molecule has 7 heteroatoms. The van der Waals surface area contributed by atoms with Gasteiger partial charge in [-0.05, 0) is 28.8 Å². The molecule has 0 radical (unpaired) electrons. The van der Waals surface area contributed by atoms with Gasteiger partial charge in [0.15, 0.2) is 0 Å². The maximum Gasteiger partial charge on any atom is 0.249 e. The number of nitrogens with zero attached hydrogens (tertiary/aromatic N) is 1. The van der Waals surface area contributed by atoms with E-state index in [0.717, 1.165) is 22.1 Å². The van der Waals surface area contributed by atoms with E-state index in [2.05, 4.69) is 14.7 Å².